The van der Waals surface area contributed by atoms with Crippen molar-refractivity contribution in [1.82, 2.24) is 9.55 Å². The molecule has 30 heavy (non-hydrogen) atoms. The maximum atomic E-state index is 13.5. The van der Waals surface area contributed by atoms with Gasteiger partial charge in [0.1, 0.15) is 11.3 Å². The topological polar surface area (TPSA) is 81.2 Å². The highest BCUT2D eigenvalue weighted by Gasteiger charge is 2.36. The molecular weight excluding hydrogens is 414 g/mol. The van der Waals surface area contributed by atoms with Crippen LogP contribution in [0, 0.1) is 0 Å². The van der Waals surface area contributed by atoms with E-state index in [9.17, 15) is 22.0 Å². The van der Waals surface area contributed by atoms with E-state index in [0.29, 0.717) is 27.8 Å². The first kappa shape index (κ1) is 20.6. The molecule has 1 N–H and O–H groups in total. The molecule has 1 aromatic carbocycles. The summed E-state index contributed by atoms with van der Waals surface area (Å²) in [4.78, 5) is 15.5. The summed E-state index contributed by atoms with van der Waals surface area (Å²) < 4.78 is 58.7. The lowest BCUT2D eigenvalue weighted by atomic mass is 9.94. The molecule has 160 valence electrons. The summed E-state index contributed by atoms with van der Waals surface area (Å²) in [6.45, 7) is 0. The van der Waals surface area contributed by atoms with Gasteiger partial charge in [-0.1, -0.05) is 0 Å². The van der Waals surface area contributed by atoms with Crippen molar-refractivity contribution in [2.45, 2.75) is 42.6 Å². The number of nitrogens with one attached hydrogen (secondary N) is 1. The largest absolute Gasteiger partial charge is 0.490 e. The highest BCUT2D eigenvalue weighted by atomic mass is 32.2. The number of rotatable bonds is 4. The maximum absolute atomic E-state index is 13.5. The number of nitrogens with zero attached hydrogens (tertiary/aromatic N) is 1. The molecule has 1 aliphatic carbocycles. The number of aryl methyl sites for hydroxylation is 1. The summed E-state index contributed by atoms with van der Waals surface area (Å²) in [5, 5.41) is 0.628. The first-order chi connectivity index (χ1) is 14.0. The van der Waals surface area contributed by atoms with Crippen molar-refractivity contribution >= 4 is 20.7 Å². The second kappa shape index (κ2) is 7.23. The molecule has 0 bridgehead atoms. The normalized spacial score (nSPS) is 17.3. The average Bonchev–Trinajstić information content (AvgIpc) is 3.10. The third kappa shape index (κ3) is 3.86. The predicted octanol–water partition coefficient (Wildman–Crippen LogP) is 3.89. The molecule has 1 saturated carbocycles. The van der Waals surface area contributed by atoms with Gasteiger partial charge < -0.3 is 14.3 Å². The summed E-state index contributed by atoms with van der Waals surface area (Å²) in [5.41, 5.74) is 1.29. The van der Waals surface area contributed by atoms with Gasteiger partial charge in [-0.2, -0.15) is 0 Å². The van der Waals surface area contributed by atoms with Crippen LogP contribution in [0.2, 0.25) is 0 Å². The number of aromatic amines is 1. The molecule has 0 aliphatic heterocycles. The van der Waals surface area contributed by atoms with Crippen molar-refractivity contribution in [3.8, 4) is 16.9 Å². The molecule has 2 heterocycles. The van der Waals surface area contributed by atoms with E-state index in [0.717, 1.165) is 6.26 Å². The first-order valence-electron chi connectivity index (χ1n) is 9.61. The number of ether oxygens (including phenoxy) is 1. The van der Waals surface area contributed by atoms with E-state index in [-0.39, 0.29) is 42.2 Å². The zero-order chi connectivity index (χ0) is 21.7. The number of pyridine rings is 1. The molecule has 2 aromatic heterocycles. The van der Waals surface area contributed by atoms with Crippen molar-refractivity contribution in [3.05, 3.63) is 47.0 Å². The number of hydrogen-bond acceptors (Lipinski definition) is 4. The van der Waals surface area contributed by atoms with Gasteiger partial charge in [-0.05, 0) is 37.1 Å². The monoisotopic (exact) mass is 436 g/mol. The van der Waals surface area contributed by atoms with Crippen LogP contribution in [0.4, 0.5) is 8.78 Å². The van der Waals surface area contributed by atoms with E-state index in [1.54, 1.807) is 31.6 Å². The zero-order valence-electron chi connectivity index (χ0n) is 16.6. The molecule has 0 radical (unpaired) electrons. The number of benzene rings is 1. The van der Waals surface area contributed by atoms with Crippen LogP contribution < -0.4 is 10.3 Å². The molecule has 0 spiro atoms. The second-order valence-corrected chi connectivity index (χ2v) is 9.84. The van der Waals surface area contributed by atoms with Crippen molar-refractivity contribution < 1.29 is 21.9 Å². The lowest BCUT2D eigenvalue weighted by Gasteiger charge is -2.29. The van der Waals surface area contributed by atoms with Crippen LogP contribution in [-0.4, -0.2) is 36.3 Å². The van der Waals surface area contributed by atoms with E-state index in [1.165, 1.54) is 16.7 Å². The van der Waals surface area contributed by atoms with Crippen molar-refractivity contribution in [2.24, 2.45) is 7.05 Å². The molecule has 0 unspecified atom stereocenters. The van der Waals surface area contributed by atoms with Crippen LogP contribution in [-0.2, 0) is 16.9 Å². The van der Waals surface area contributed by atoms with E-state index in [1.807, 2.05) is 0 Å². The third-order valence-electron chi connectivity index (χ3n) is 5.55. The molecule has 4 rings (SSSR count). The lowest BCUT2D eigenvalue weighted by Crippen LogP contribution is -2.30. The summed E-state index contributed by atoms with van der Waals surface area (Å²) in [5.74, 6) is -2.26. The Bertz CT molecular complexity index is 1270. The Morgan fingerprint density at radius 1 is 1.17 bits per heavy atom. The highest BCUT2D eigenvalue weighted by Crippen LogP contribution is 2.39. The van der Waals surface area contributed by atoms with E-state index in [4.69, 9.17) is 4.74 Å². The number of hydrogen-bond donors (Lipinski definition) is 1. The zero-order valence-corrected chi connectivity index (χ0v) is 17.4. The van der Waals surface area contributed by atoms with E-state index >= 15 is 0 Å². The van der Waals surface area contributed by atoms with Crippen molar-refractivity contribution in [2.75, 3.05) is 6.26 Å². The van der Waals surface area contributed by atoms with Gasteiger partial charge in [0.05, 0.1) is 11.0 Å². The predicted molar refractivity (Wildman–Crippen MR) is 110 cm³/mol. The van der Waals surface area contributed by atoms with Gasteiger partial charge in [0.2, 0.25) is 5.92 Å². The Labute approximate surface area is 172 Å². The van der Waals surface area contributed by atoms with Crippen LogP contribution in [0.25, 0.3) is 22.0 Å². The van der Waals surface area contributed by atoms with Crippen LogP contribution >= 0.6 is 0 Å². The summed E-state index contributed by atoms with van der Waals surface area (Å²) in [7, 11) is -1.84. The third-order valence-corrected chi connectivity index (χ3v) is 6.66. The maximum Gasteiger partial charge on any atom is 0.274 e. The molecular formula is C21H22F2N2O4S. The Morgan fingerprint density at radius 2 is 1.87 bits per heavy atom. The quantitative estimate of drug-likeness (QED) is 0.673. The molecule has 0 amide bonds. The van der Waals surface area contributed by atoms with Gasteiger partial charge in [-0.15, -0.1) is 0 Å². The van der Waals surface area contributed by atoms with Gasteiger partial charge in [0.25, 0.3) is 5.56 Å². The molecule has 0 saturated heterocycles. The second-order valence-electron chi connectivity index (χ2n) is 7.83. The van der Waals surface area contributed by atoms with Crippen LogP contribution in [0.5, 0.6) is 5.75 Å². The molecule has 9 heteroatoms. The summed E-state index contributed by atoms with van der Waals surface area (Å²) >= 11 is 0. The van der Waals surface area contributed by atoms with Crippen molar-refractivity contribution in [1.29, 1.82) is 0 Å². The van der Waals surface area contributed by atoms with E-state index < -0.39 is 15.8 Å². The fourth-order valence-corrected chi connectivity index (χ4v) is 4.45. The first-order valence-corrected chi connectivity index (χ1v) is 11.5. The lowest BCUT2D eigenvalue weighted by molar-refractivity contribution is -0.0581. The summed E-state index contributed by atoms with van der Waals surface area (Å²) in [6, 6.07) is 6.26. The number of halogens is 2. The van der Waals surface area contributed by atoms with Gasteiger partial charge >= 0.3 is 0 Å². The molecule has 1 aliphatic rings. The number of alkyl halides is 2. The van der Waals surface area contributed by atoms with Crippen LogP contribution in [0.1, 0.15) is 25.7 Å². The van der Waals surface area contributed by atoms with Crippen LogP contribution in [0.3, 0.4) is 0 Å². The molecule has 0 atom stereocenters. The van der Waals surface area contributed by atoms with E-state index in [2.05, 4.69) is 4.98 Å². The van der Waals surface area contributed by atoms with Gasteiger partial charge in [0, 0.05) is 55.1 Å². The van der Waals surface area contributed by atoms with Gasteiger partial charge in [-0.3, -0.25) is 4.79 Å². The minimum atomic E-state index is -3.48. The Kier molecular flexibility index (Phi) is 4.96. The molecule has 6 nitrogen and oxygen atoms in total. The average molecular weight is 436 g/mol. The molecule has 1 fully saturated rings. The number of sulfone groups is 1. The van der Waals surface area contributed by atoms with Crippen LogP contribution in [0.15, 0.2) is 46.3 Å². The fraction of sp³-hybridized carbons (Fsp3) is 0.381. The Balaban J connectivity index is 1.81. The minimum Gasteiger partial charge on any atom is -0.490 e. The minimum absolute atomic E-state index is 0.109. The summed E-state index contributed by atoms with van der Waals surface area (Å²) in [6.07, 6.45) is 3.95. The molecule has 3 aromatic rings. The number of fused-ring (bicyclic) bond motifs is 1. The van der Waals surface area contributed by atoms with Crippen molar-refractivity contribution in [3.63, 3.8) is 0 Å². The number of H-pyrrole nitrogens is 1. The van der Waals surface area contributed by atoms with Gasteiger partial charge in [-0.25, -0.2) is 17.2 Å². The number of aromatic nitrogens is 2. The Morgan fingerprint density at radius 3 is 2.53 bits per heavy atom. The smallest absolute Gasteiger partial charge is 0.274 e. The standard InChI is InChI=1S/C21H22F2N2O4S/c1-25-10-7-15-17(12-24-19(15)20(25)26)16-11-14(30(2,27)28)3-4-18(16)29-13-5-8-21(22,23)9-6-13/h3-4,7,10-13,24H,5-6,8-9H2,1-2H3. The Hall–Kier alpha value is -2.68. The fourth-order valence-electron chi connectivity index (χ4n) is 3.80. The SMILES string of the molecule is Cn1ccc2c(-c3cc(S(C)(=O)=O)ccc3OC3CCC(F)(F)CC3)c[nH]c2c1=O. The highest BCUT2D eigenvalue weighted by molar-refractivity contribution is 7.90. The van der Waals surface area contributed by atoms with Gasteiger partial charge in [0.15, 0.2) is 9.84 Å².